The highest BCUT2D eigenvalue weighted by Crippen LogP contribution is 2.29. The van der Waals surface area contributed by atoms with E-state index in [9.17, 15) is 9.90 Å². The predicted octanol–water partition coefficient (Wildman–Crippen LogP) is 0.395. The van der Waals surface area contributed by atoms with Gasteiger partial charge in [0.1, 0.15) is 5.82 Å². The van der Waals surface area contributed by atoms with E-state index in [1.807, 2.05) is 0 Å². The van der Waals surface area contributed by atoms with Crippen molar-refractivity contribution in [2.24, 2.45) is 11.7 Å². The molecule has 0 spiro atoms. The molecule has 26 heavy (non-hydrogen) atoms. The molecule has 1 aromatic rings. The molecule has 2 aliphatic heterocycles. The third kappa shape index (κ3) is 4.52. The van der Waals surface area contributed by atoms with Crippen LogP contribution in [0.5, 0.6) is 0 Å². The zero-order chi connectivity index (χ0) is 18.5. The quantitative estimate of drug-likeness (QED) is 0.763. The Balaban J connectivity index is 1.71. The first-order valence-corrected chi connectivity index (χ1v) is 9.62. The minimum atomic E-state index is -0.419. The number of aliphatic hydroxyl groups excluding tert-OH is 1. The van der Waals surface area contributed by atoms with Crippen LogP contribution >= 0.6 is 0 Å². The van der Waals surface area contributed by atoms with Crippen LogP contribution in [0, 0.1) is 5.92 Å². The minimum absolute atomic E-state index is 0.237. The van der Waals surface area contributed by atoms with Crippen LogP contribution in [0.15, 0.2) is 18.3 Å². The zero-order valence-corrected chi connectivity index (χ0v) is 15.7. The summed E-state index contributed by atoms with van der Waals surface area (Å²) in [4.78, 5) is 23.2. The molecule has 0 unspecified atom stereocenters. The Bertz CT molecular complexity index is 603. The van der Waals surface area contributed by atoms with E-state index in [2.05, 4.69) is 26.7 Å². The Hall–Kier alpha value is -1.70. The van der Waals surface area contributed by atoms with Gasteiger partial charge < -0.3 is 20.6 Å². The van der Waals surface area contributed by atoms with Crippen LogP contribution in [0.3, 0.4) is 0 Å². The van der Waals surface area contributed by atoms with Gasteiger partial charge in [-0.3, -0.25) is 9.69 Å². The van der Waals surface area contributed by atoms with Gasteiger partial charge in [-0.25, -0.2) is 4.98 Å². The van der Waals surface area contributed by atoms with Gasteiger partial charge in [0.15, 0.2) is 0 Å². The number of likely N-dealkylation sites (N-methyl/N-ethyl adjacent to an activating group) is 1. The lowest BCUT2D eigenvalue weighted by molar-refractivity contribution is 0.0637. The third-order valence-electron chi connectivity index (χ3n) is 5.79. The van der Waals surface area contributed by atoms with Crippen molar-refractivity contribution in [2.45, 2.75) is 25.3 Å². The molecule has 3 N–H and O–H groups in total. The number of primary amides is 1. The fraction of sp³-hybridized carbons (Fsp3) is 0.684. The Morgan fingerprint density at radius 1 is 1.31 bits per heavy atom. The lowest BCUT2D eigenvalue weighted by Crippen LogP contribution is -2.56. The number of nitrogens with two attached hydrogens (primary N) is 1. The minimum Gasteiger partial charge on any atom is -0.396 e. The topological polar surface area (TPSA) is 85.9 Å². The van der Waals surface area contributed by atoms with Crippen molar-refractivity contribution in [3.05, 3.63) is 23.9 Å². The highest BCUT2D eigenvalue weighted by atomic mass is 16.2. The SMILES string of the molecule is CN1CCN([C@H]2CCN(c3cc(C(N)=O)ccn3)C[C@H]2CCCO)CC1. The first kappa shape index (κ1) is 19.1. The highest BCUT2D eigenvalue weighted by Gasteiger charge is 2.34. The van der Waals surface area contributed by atoms with Crippen molar-refractivity contribution in [3.63, 3.8) is 0 Å². The summed E-state index contributed by atoms with van der Waals surface area (Å²) in [7, 11) is 2.18. The van der Waals surface area contributed by atoms with E-state index in [0.29, 0.717) is 17.5 Å². The first-order chi connectivity index (χ1) is 12.6. The Morgan fingerprint density at radius 2 is 2.08 bits per heavy atom. The van der Waals surface area contributed by atoms with Gasteiger partial charge in [0.05, 0.1) is 0 Å². The molecule has 0 saturated carbocycles. The molecule has 7 nitrogen and oxygen atoms in total. The molecule has 3 rings (SSSR count). The number of hydrogen-bond acceptors (Lipinski definition) is 6. The molecular weight excluding hydrogens is 330 g/mol. The third-order valence-corrected chi connectivity index (χ3v) is 5.79. The lowest BCUT2D eigenvalue weighted by Gasteiger charge is -2.46. The van der Waals surface area contributed by atoms with Gasteiger partial charge in [-0.15, -0.1) is 0 Å². The number of pyridine rings is 1. The maximum absolute atomic E-state index is 11.5. The van der Waals surface area contributed by atoms with E-state index < -0.39 is 5.91 Å². The van der Waals surface area contributed by atoms with Crippen LogP contribution in [0.2, 0.25) is 0 Å². The number of piperazine rings is 1. The standard InChI is InChI=1S/C19H31N5O2/c1-22-8-10-23(11-9-22)17-5-7-24(14-16(17)3-2-12-25)18-13-15(19(20)26)4-6-21-18/h4,6,13,16-17,25H,2-3,5,7-12,14H2,1H3,(H2,20,26)/t16-,17+/m1/s1. The molecule has 144 valence electrons. The number of piperidine rings is 1. The summed E-state index contributed by atoms with van der Waals surface area (Å²) < 4.78 is 0. The molecule has 7 heteroatoms. The van der Waals surface area contributed by atoms with Gasteiger partial charge in [-0.2, -0.15) is 0 Å². The van der Waals surface area contributed by atoms with E-state index in [0.717, 1.165) is 64.3 Å². The summed E-state index contributed by atoms with van der Waals surface area (Å²) in [5.41, 5.74) is 5.92. The number of carbonyl (C=O) groups is 1. The van der Waals surface area contributed by atoms with Crippen LogP contribution < -0.4 is 10.6 Å². The average Bonchev–Trinajstić information content (AvgIpc) is 2.67. The van der Waals surface area contributed by atoms with Gasteiger partial charge in [0.2, 0.25) is 5.91 Å². The molecule has 0 aromatic carbocycles. The van der Waals surface area contributed by atoms with Crippen LogP contribution in [0.25, 0.3) is 0 Å². The van der Waals surface area contributed by atoms with Gasteiger partial charge >= 0.3 is 0 Å². The Morgan fingerprint density at radius 3 is 2.77 bits per heavy atom. The van der Waals surface area contributed by atoms with Crippen LogP contribution in [-0.4, -0.2) is 84.8 Å². The van der Waals surface area contributed by atoms with E-state index in [1.165, 1.54) is 0 Å². The number of aromatic nitrogens is 1. The van der Waals surface area contributed by atoms with E-state index in [-0.39, 0.29) is 6.61 Å². The number of hydrogen-bond donors (Lipinski definition) is 2. The molecule has 3 heterocycles. The van der Waals surface area contributed by atoms with Crippen molar-refractivity contribution in [2.75, 3.05) is 57.8 Å². The molecule has 2 saturated heterocycles. The highest BCUT2D eigenvalue weighted by molar-refractivity contribution is 5.93. The number of amides is 1. The van der Waals surface area contributed by atoms with E-state index in [1.54, 1.807) is 18.3 Å². The number of carbonyl (C=O) groups excluding carboxylic acids is 1. The van der Waals surface area contributed by atoms with Crippen LogP contribution in [0.4, 0.5) is 5.82 Å². The van der Waals surface area contributed by atoms with Crippen molar-refractivity contribution in [1.29, 1.82) is 0 Å². The summed E-state index contributed by atoms with van der Waals surface area (Å²) in [5.74, 6) is 0.906. The van der Waals surface area contributed by atoms with E-state index >= 15 is 0 Å². The van der Waals surface area contributed by atoms with Crippen LogP contribution in [-0.2, 0) is 0 Å². The second kappa shape index (κ2) is 8.79. The molecule has 0 aliphatic carbocycles. The molecule has 2 fully saturated rings. The molecule has 0 radical (unpaired) electrons. The summed E-state index contributed by atoms with van der Waals surface area (Å²) in [6.45, 7) is 6.55. The van der Waals surface area contributed by atoms with Crippen molar-refractivity contribution < 1.29 is 9.90 Å². The first-order valence-electron chi connectivity index (χ1n) is 9.62. The number of nitrogens with zero attached hydrogens (tertiary/aromatic N) is 4. The lowest BCUT2D eigenvalue weighted by atomic mass is 9.86. The maximum Gasteiger partial charge on any atom is 0.248 e. The average molecular weight is 361 g/mol. The van der Waals surface area contributed by atoms with Gasteiger partial charge in [0.25, 0.3) is 0 Å². The van der Waals surface area contributed by atoms with Gasteiger partial charge in [0, 0.05) is 63.7 Å². The second-order valence-electron chi connectivity index (χ2n) is 7.53. The molecular formula is C19H31N5O2. The maximum atomic E-state index is 11.5. The van der Waals surface area contributed by atoms with Gasteiger partial charge in [-0.05, 0) is 44.4 Å². The van der Waals surface area contributed by atoms with Gasteiger partial charge in [-0.1, -0.05) is 0 Å². The summed E-state index contributed by atoms with van der Waals surface area (Å²) >= 11 is 0. The fourth-order valence-corrected chi connectivity index (χ4v) is 4.24. The van der Waals surface area contributed by atoms with Crippen molar-refractivity contribution >= 4 is 11.7 Å². The predicted molar refractivity (Wildman–Crippen MR) is 102 cm³/mol. The number of rotatable bonds is 6. The number of anilines is 1. The Kier molecular flexibility index (Phi) is 6.45. The molecule has 1 amide bonds. The molecule has 1 aromatic heterocycles. The summed E-state index contributed by atoms with van der Waals surface area (Å²) in [6.07, 6.45) is 4.59. The smallest absolute Gasteiger partial charge is 0.248 e. The summed E-state index contributed by atoms with van der Waals surface area (Å²) in [5, 5.41) is 9.31. The Labute approximate surface area is 155 Å². The second-order valence-corrected chi connectivity index (χ2v) is 7.53. The molecule has 0 bridgehead atoms. The number of aliphatic hydroxyl groups is 1. The van der Waals surface area contributed by atoms with E-state index in [4.69, 9.17) is 5.73 Å². The fourth-order valence-electron chi connectivity index (χ4n) is 4.24. The van der Waals surface area contributed by atoms with Crippen molar-refractivity contribution in [3.8, 4) is 0 Å². The largest absolute Gasteiger partial charge is 0.396 e. The zero-order valence-electron chi connectivity index (χ0n) is 15.7. The molecule has 2 aliphatic rings. The normalized spacial score (nSPS) is 25.4. The van der Waals surface area contributed by atoms with Crippen LogP contribution in [0.1, 0.15) is 29.6 Å². The summed E-state index contributed by atoms with van der Waals surface area (Å²) in [6, 6.07) is 4.01. The monoisotopic (exact) mass is 361 g/mol. The van der Waals surface area contributed by atoms with Crippen molar-refractivity contribution in [1.82, 2.24) is 14.8 Å². The molecule has 2 atom stereocenters.